The monoisotopic (exact) mass is 458 g/mol. The molecule has 0 bridgehead atoms. The fraction of sp³-hybridized carbons (Fsp3) is 0.192. The molecule has 0 saturated heterocycles. The fourth-order valence-corrected chi connectivity index (χ4v) is 4.53. The van der Waals surface area contributed by atoms with Crippen molar-refractivity contribution in [3.8, 4) is 11.8 Å². The maximum absolute atomic E-state index is 14.8. The number of hydrogen-bond acceptors (Lipinski definition) is 3. The van der Waals surface area contributed by atoms with Crippen LogP contribution in [-0.2, 0) is 13.0 Å². The zero-order valence-electron chi connectivity index (χ0n) is 18.1. The molecule has 2 N–H and O–H groups in total. The molecule has 1 amide bonds. The first-order valence-electron chi connectivity index (χ1n) is 10.9. The third kappa shape index (κ3) is 3.75. The summed E-state index contributed by atoms with van der Waals surface area (Å²) in [5.41, 5.74) is 7.84. The summed E-state index contributed by atoms with van der Waals surface area (Å²) in [5.74, 6) is 3.29. The fourth-order valence-electron chi connectivity index (χ4n) is 4.53. The number of pyridine rings is 2. The van der Waals surface area contributed by atoms with Crippen molar-refractivity contribution >= 4 is 11.4 Å². The molecule has 1 aromatic carbocycles. The highest BCUT2D eigenvalue weighted by Gasteiger charge is 2.24. The summed E-state index contributed by atoms with van der Waals surface area (Å²) >= 11 is 0. The number of benzene rings is 1. The van der Waals surface area contributed by atoms with Gasteiger partial charge in [0.15, 0.2) is 0 Å². The average Bonchev–Trinajstić information content (AvgIpc) is 3.49. The number of carbonyl (C=O) groups excluding carboxylic acids is 1. The molecular weight excluding hydrogens is 438 g/mol. The quantitative estimate of drug-likeness (QED) is 0.476. The lowest BCUT2D eigenvalue weighted by atomic mass is 9.88. The highest BCUT2D eigenvalue weighted by atomic mass is 19.1. The number of aryl methyl sites for hydroxylation is 1. The van der Waals surface area contributed by atoms with E-state index in [0.717, 1.165) is 36.7 Å². The van der Waals surface area contributed by atoms with E-state index < -0.39 is 23.5 Å². The number of carbonyl (C=O) groups is 1. The van der Waals surface area contributed by atoms with Crippen LogP contribution in [0.25, 0.3) is 5.52 Å². The van der Waals surface area contributed by atoms with Gasteiger partial charge in [-0.05, 0) is 54.8 Å². The topological polar surface area (TPSA) is 82.4 Å². The first-order valence-corrected chi connectivity index (χ1v) is 10.9. The first-order chi connectivity index (χ1) is 16.4. The number of rotatable bonds is 4. The second kappa shape index (κ2) is 8.60. The van der Waals surface area contributed by atoms with Crippen LogP contribution in [0.5, 0.6) is 0 Å². The summed E-state index contributed by atoms with van der Waals surface area (Å²) in [5, 5.41) is 4.15. The minimum atomic E-state index is -0.796. The van der Waals surface area contributed by atoms with Crippen LogP contribution in [-0.4, -0.2) is 20.1 Å². The number of halogens is 2. The number of amides is 1. The van der Waals surface area contributed by atoms with Crippen molar-refractivity contribution in [2.75, 3.05) is 0 Å². The molecule has 1 aliphatic rings. The van der Waals surface area contributed by atoms with Crippen LogP contribution < -0.4 is 11.3 Å². The number of aromatic nitrogens is 3. The molecule has 1 unspecified atom stereocenters. The Morgan fingerprint density at radius 1 is 1.15 bits per heavy atom. The molecule has 0 aliphatic carbocycles. The summed E-state index contributed by atoms with van der Waals surface area (Å²) in [6.45, 7) is 0.594. The van der Waals surface area contributed by atoms with E-state index in [-0.39, 0.29) is 23.1 Å². The summed E-state index contributed by atoms with van der Waals surface area (Å²) in [4.78, 5) is 25.2. The van der Waals surface area contributed by atoms with Gasteiger partial charge < -0.3 is 10.3 Å². The first kappa shape index (κ1) is 21.6. The van der Waals surface area contributed by atoms with E-state index in [9.17, 15) is 18.4 Å². The van der Waals surface area contributed by atoms with Crippen LogP contribution in [0.4, 0.5) is 8.78 Å². The minimum absolute atomic E-state index is 0.0301. The summed E-state index contributed by atoms with van der Waals surface area (Å²) in [6, 6.07) is 9.97. The number of primary amides is 1. The van der Waals surface area contributed by atoms with Crippen LogP contribution in [0.2, 0.25) is 0 Å². The van der Waals surface area contributed by atoms with Crippen LogP contribution in [0.1, 0.15) is 51.5 Å². The number of hydrogen-bond donors (Lipinski definition) is 1. The summed E-state index contributed by atoms with van der Waals surface area (Å²) in [6.07, 6.45) is 4.88. The van der Waals surface area contributed by atoms with Crippen molar-refractivity contribution in [3.05, 3.63) is 105 Å². The molecule has 0 saturated carbocycles. The molecule has 8 heteroatoms. The molecule has 5 rings (SSSR count). The molecule has 3 aromatic heterocycles. The van der Waals surface area contributed by atoms with E-state index in [4.69, 9.17) is 5.73 Å². The Morgan fingerprint density at radius 2 is 2.00 bits per heavy atom. The van der Waals surface area contributed by atoms with Crippen LogP contribution in [0.15, 0.2) is 59.7 Å². The van der Waals surface area contributed by atoms with Gasteiger partial charge in [-0.1, -0.05) is 17.9 Å². The minimum Gasteiger partial charge on any atom is -0.366 e. The third-order valence-electron chi connectivity index (χ3n) is 6.18. The molecule has 6 nitrogen and oxygen atoms in total. The third-order valence-corrected chi connectivity index (χ3v) is 6.18. The summed E-state index contributed by atoms with van der Waals surface area (Å²) < 4.78 is 32.1. The van der Waals surface area contributed by atoms with Crippen molar-refractivity contribution < 1.29 is 13.6 Å². The van der Waals surface area contributed by atoms with Gasteiger partial charge in [-0.25, -0.2) is 13.3 Å². The Kier molecular flexibility index (Phi) is 5.46. The van der Waals surface area contributed by atoms with Crippen molar-refractivity contribution in [2.45, 2.75) is 31.7 Å². The molecule has 170 valence electrons. The molecule has 4 heterocycles. The van der Waals surface area contributed by atoms with Crippen molar-refractivity contribution in [3.63, 3.8) is 0 Å². The van der Waals surface area contributed by atoms with E-state index in [1.54, 1.807) is 33.6 Å². The Hall–Kier alpha value is -4.25. The van der Waals surface area contributed by atoms with E-state index in [0.29, 0.717) is 23.2 Å². The van der Waals surface area contributed by atoms with E-state index in [2.05, 4.69) is 16.9 Å². The van der Waals surface area contributed by atoms with Gasteiger partial charge >= 0.3 is 0 Å². The molecular formula is C26H20F2N4O2. The van der Waals surface area contributed by atoms with Crippen molar-refractivity contribution in [1.82, 2.24) is 14.2 Å². The number of nitrogens with two attached hydrogens (primary N) is 1. The zero-order valence-corrected chi connectivity index (χ0v) is 18.1. The molecule has 1 aliphatic heterocycles. The van der Waals surface area contributed by atoms with Gasteiger partial charge in [0.2, 0.25) is 5.91 Å². The smallest absolute Gasteiger partial charge is 0.254 e. The predicted molar refractivity (Wildman–Crippen MR) is 122 cm³/mol. The maximum Gasteiger partial charge on any atom is 0.254 e. The second-order valence-corrected chi connectivity index (χ2v) is 8.19. The molecule has 0 spiro atoms. The number of fused-ring (bicyclic) bond motifs is 2. The molecule has 4 aromatic rings. The lowest BCUT2D eigenvalue weighted by Crippen LogP contribution is -2.25. The SMILES string of the molecule is NC(=O)c1ccn2nccc2c1C#CCC(c1cc(F)ccc1F)c1ccc2n(c1=O)CCC2. The predicted octanol–water partition coefficient (Wildman–Crippen LogP) is 3.39. The van der Waals surface area contributed by atoms with Crippen molar-refractivity contribution in [2.24, 2.45) is 5.73 Å². The Labute approximate surface area is 193 Å². The van der Waals surface area contributed by atoms with Crippen LogP contribution in [0.3, 0.4) is 0 Å². The Morgan fingerprint density at radius 3 is 2.82 bits per heavy atom. The highest BCUT2D eigenvalue weighted by molar-refractivity contribution is 5.97. The Bertz CT molecular complexity index is 1560. The van der Waals surface area contributed by atoms with Gasteiger partial charge in [-0.3, -0.25) is 9.59 Å². The normalized spacial score (nSPS) is 13.4. The van der Waals surface area contributed by atoms with E-state index in [1.165, 1.54) is 6.07 Å². The van der Waals surface area contributed by atoms with E-state index in [1.807, 2.05) is 6.07 Å². The molecule has 0 fully saturated rings. The van der Waals surface area contributed by atoms with Gasteiger partial charge in [0.25, 0.3) is 5.56 Å². The van der Waals surface area contributed by atoms with E-state index >= 15 is 0 Å². The largest absolute Gasteiger partial charge is 0.366 e. The van der Waals surface area contributed by atoms with Crippen LogP contribution >= 0.6 is 0 Å². The standard InChI is InChI=1S/C26H20F2N4O2/c27-16-6-9-23(28)22(15-16)18(21-8-7-17-3-2-13-31(17)26(21)34)4-1-5-19-20(25(29)33)11-14-32-24(19)10-12-30-32/h6-12,14-15,18H,2-4,13H2,(H2,29,33). The lowest BCUT2D eigenvalue weighted by Gasteiger charge is -2.17. The van der Waals surface area contributed by atoms with Gasteiger partial charge in [-0.2, -0.15) is 5.10 Å². The Balaban J connectivity index is 1.62. The van der Waals surface area contributed by atoms with Gasteiger partial charge in [0.05, 0.1) is 22.8 Å². The molecule has 0 radical (unpaired) electrons. The van der Waals surface area contributed by atoms with Crippen LogP contribution in [0, 0.1) is 23.5 Å². The maximum atomic E-state index is 14.8. The molecule has 34 heavy (non-hydrogen) atoms. The van der Waals surface area contributed by atoms with Crippen molar-refractivity contribution in [1.29, 1.82) is 0 Å². The zero-order chi connectivity index (χ0) is 23.8. The average molecular weight is 458 g/mol. The highest BCUT2D eigenvalue weighted by Crippen LogP contribution is 2.29. The van der Waals surface area contributed by atoms with Gasteiger partial charge in [0, 0.05) is 36.3 Å². The summed E-state index contributed by atoms with van der Waals surface area (Å²) in [7, 11) is 0. The molecule has 1 atom stereocenters. The lowest BCUT2D eigenvalue weighted by molar-refractivity contribution is 0.1000. The second-order valence-electron chi connectivity index (χ2n) is 8.19. The van der Waals surface area contributed by atoms with Gasteiger partial charge in [0.1, 0.15) is 11.6 Å². The number of nitrogens with zero attached hydrogens (tertiary/aromatic N) is 3. The van der Waals surface area contributed by atoms with Gasteiger partial charge in [-0.15, -0.1) is 0 Å².